The number of amidine groups is 1. The van der Waals surface area contributed by atoms with Crippen LogP contribution in [0.4, 0.5) is 0 Å². The second-order valence-corrected chi connectivity index (χ2v) is 9.15. The van der Waals surface area contributed by atoms with Crippen molar-refractivity contribution in [2.45, 2.75) is 37.1 Å². The molecule has 2 N–H and O–H groups in total. The normalized spacial score (nSPS) is 15.3. The van der Waals surface area contributed by atoms with Crippen LogP contribution >= 0.6 is 0 Å². The van der Waals surface area contributed by atoms with Crippen LogP contribution in [0.15, 0.2) is 76.9 Å². The predicted molar refractivity (Wildman–Crippen MR) is 122 cm³/mol. The topological polar surface area (TPSA) is 105 Å². The number of amides is 1. The zero-order chi connectivity index (χ0) is 22.4. The first kappa shape index (κ1) is 21.8. The van der Waals surface area contributed by atoms with Gasteiger partial charge in [0.05, 0.1) is 10.6 Å². The number of fused-ring (bicyclic) bond motifs is 1. The molecule has 0 aliphatic carbocycles. The van der Waals surface area contributed by atoms with Gasteiger partial charge >= 0.3 is 0 Å². The van der Waals surface area contributed by atoms with Gasteiger partial charge in [0.1, 0.15) is 5.84 Å². The minimum absolute atomic E-state index is 0.00376. The molecule has 1 amide bonds. The number of carbonyl (C=O) groups excluding carboxylic acids is 1. The van der Waals surface area contributed by atoms with E-state index in [2.05, 4.69) is 20.1 Å². The SMILES string of the molecule is O=C(CCCCCN=C1NS(=O)(=O)c2ccccc21)NCc1ccccc1-n1cccn1. The van der Waals surface area contributed by atoms with Gasteiger partial charge in [-0.05, 0) is 42.7 Å². The van der Waals surface area contributed by atoms with Gasteiger partial charge in [0.15, 0.2) is 0 Å². The second-order valence-electron chi connectivity index (χ2n) is 7.50. The monoisotopic (exact) mass is 451 g/mol. The molecule has 0 atom stereocenters. The van der Waals surface area contributed by atoms with Crippen molar-refractivity contribution in [2.24, 2.45) is 4.99 Å². The zero-order valence-corrected chi connectivity index (χ0v) is 18.4. The van der Waals surface area contributed by atoms with Crippen LogP contribution in [0, 0.1) is 0 Å². The third-order valence-electron chi connectivity index (χ3n) is 5.21. The van der Waals surface area contributed by atoms with E-state index in [0.29, 0.717) is 30.9 Å². The minimum Gasteiger partial charge on any atom is -0.352 e. The Kier molecular flexibility index (Phi) is 6.65. The molecule has 3 aromatic rings. The molecular weight excluding hydrogens is 426 g/mol. The number of benzene rings is 2. The summed E-state index contributed by atoms with van der Waals surface area (Å²) in [6, 6.07) is 16.5. The maximum Gasteiger partial charge on any atom is 0.263 e. The van der Waals surface area contributed by atoms with Crippen molar-refractivity contribution in [3.63, 3.8) is 0 Å². The molecule has 0 saturated carbocycles. The van der Waals surface area contributed by atoms with E-state index < -0.39 is 10.0 Å². The highest BCUT2D eigenvalue weighted by Crippen LogP contribution is 2.22. The standard InChI is InChI=1S/C23H25N5O3S/c29-22(25-17-18-9-3-5-11-20(18)28-16-8-15-26-28)13-2-1-7-14-24-23-19-10-4-6-12-21(19)32(30,31)27-23/h3-6,8-12,15-16H,1-2,7,13-14,17H2,(H,24,27)(H,25,29). The van der Waals surface area contributed by atoms with Crippen molar-refractivity contribution >= 4 is 21.8 Å². The largest absolute Gasteiger partial charge is 0.352 e. The number of aliphatic imine (C=N–C) groups is 1. The lowest BCUT2D eigenvalue weighted by Gasteiger charge is -2.10. The quantitative estimate of drug-likeness (QED) is 0.488. The summed E-state index contributed by atoms with van der Waals surface area (Å²) < 4.78 is 28.5. The molecular formula is C23H25N5O3S. The fourth-order valence-electron chi connectivity index (χ4n) is 3.59. The molecule has 0 spiro atoms. The first-order valence-corrected chi connectivity index (χ1v) is 12.0. The summed E-state index contributed by atoms with van der Waals surface area (Å²) in [6.45, 7) is 0.952. The van der Waals surface area contributed by atoms with Crippen LogP contribution in [-0.4, -0.2) is 36.5 Å². The van der Waals surface area contributed by atoms with Gasteiger partial charge in [0.25, 0.3) is 10.0 Å². The Bertz CT molecular complexity index is 1220. The van der Waals surface area contributed by atoms with Gasteiger partial charge in [-0.25, -0.2) is 13.1 Å². The third-order valence-corrected chi connectivity index (χ3v) is 6.61. The van der Waals surface area contributed by atoms with E-state index in [1.165, 1.54) is 0 Å². The fraction of sp³-hybridized carbons (Fsp3) is 0.261. The van der Waals surface area contributed by atoms with E-state index in [1.54, 1.807) is 35.1 Å². The highest BCUT2D eigenvalue weighted by Gasteiger charge is 2.29. The Morgan fingerprint density at radius 1 is 1.03 bits per heavy atom. The Labute approximate surface area is 187 Å². The lowest BCUT2D eigenvalue weighted by atomic mass is 10.1. The van der Waals surface area contributed by atoms with Gasteiger partial charge in [-0.1, -0.05) is 36.8 Å². The highest BCUT2D eigenvalue weighted by molar-refractivity contribution is 7.90. The van der Waals surface area contributed by atoms with Gasteiger partial charge in [-0.2, -0.15) is 5.10 Å². The van der Waals surface area contributed by atoms with Crippen molar-refractivity contribution in [2.75, 3.05) is 6.54 Å². The highest BCUT2D eigenvalue weighted by atomic mass is 32.2. The van der Waals surface area contributed by atoms with Crippen LogP contribution in [0.1, 0.15) is 36.8 Å². The molecule has 1 aliphatic rings. The minimum atomic E-state index is -3.50. The van der Waals surface area contributed by atoms with Crippen molar-refractivity contribution in [1.29, 1.82) is 0 Å². The number of unbranched alkanes of at least 4 members (excludes halogenated alkanes) is 2. The fourth-order valence-corrected chi connectivity index (χ4v) is 4.84. The lowest BCUT2D eigenvalue weighted by molar-refractivity contribution is -0.121. The van der Waals surface area contributed by atoms with Crippen LogP contribution in [0.25, 0.3) is 5.69 Å². The summed E-state index contributed by atoms with van der Waals surface area (Å²) in [5.74, 6) is 0.401. The number of para-hydroxylation sites is 1. The van der Waals surface area contributed by atoms with Gasteiger partial charge in [-0.3, -0.25) is 14.5 Å². The smallest absolute Gasteiger partial charge is 0.263 e. The number of hydrogen-bond donors (Lipinski definition) is 2. The van der Waals surface area contributed by atoms with Gasteiger partial charge in [0.2, 0.25) is 5.91 Å². The van der Waals surface area contributed by atoms with Crippen LogP contribution in [0.3, 0.4) is 0 Å². The number of sulfonamides is 1. The van der Waals surface area contributed by atoms with Crippen molar-refractivity contribution in [3.05, 3.63) is 78.1 Å². The number of hydrogen-bond acceptors (Lipinski definition) is 5. The number of nitrogens with zero attached hydrogens (tertiary/aromatic N) is 3. The van der Waals surface area contributed by atoms with E-state index in [-0.39, 0.29) is 10.8 Å². The molecule has 32 heavy (non-hydrogen) atoms. The Balaban J connectivity index is 1.19. The molecule has 8 nitrogen and oxygen atoms in total. The second kappa shape index (κ2) is 9.78. The maximum absolute atomic E-state index is 12.2. The first-order chi connectivity index (χ1) is 15.5. The molecule has 2 heterocycles. The van der Waals surface area contributed by atoms with Crippen molar-refractivity contribution < 1.29 is 13.2 Å². The molecule has 2 aromatic carbocycles. The summed E-state index contributed by atoms with van der Waals surface area (Å²) >= 11 is 0. The summed E-state index contributed by atoms with van der Waals surface area (Å²) in [6.07, 6.45) is 6.40. The average molecular weight is 452 g/mol. The molecule has 166 valence electrons. The molecule has 0 fully saturated rings. The Hall–Kier alpha value is -3.46. The average Bonchev–Trinajstić information content (AvgIpc) is 3.42. The van der Waals surface area contributed by atoms with Crippen LogP contribution in [0.2, 0.25) is 0 Å². The lowest BCUT2D eigenvalue weighted by Crippen LogP contribution is -2.23. The molecule has 0 saturated heterocycles. The maximum atomic E-state index is 12.2. The molecule has 1 aliphatic heterocycles. The molecule has 0 bridgehead atoms. The van der Waals surface area contributed by atoms with E-state index in [0.717, 1.165) is 30.5 Å². The number of aromatic nitrogens is 2. The van der Waals surface area contributed by atoms with E-state index in [4.69, 9.17) is 0 Å². The number of carbonyl (C=O) groups is 1. The zero-order valence-electron chi connectivity index (χ0n) is 17.6. The van der Waals surface area contributed by atoms with E-state index in [9.17, 15) is 13.2 Å². The summed E-state index contributed by atoms with van der Waals surface area (Å²) in [5, 5.41) is 7.23. The first-order valence-electron chi connectivity index (χ1n) is 10.6. The van der Waals surface area contributed by atoms with E-state index >= 15 is 0 Å². The number of nitrogens with one attached hydrogen (secondary N) is 2. The van der Waals surface area contributed by atoms with Crippen LogP contribution in [-0.2, 0) is 21.4 Å². The summed E-state index contributed by atoms with van der Waals surface area (Å²) in [5.41, 5.74) is 2.56. The molecule has 0 unspecified atom stereocenters. The Morgan fingerprint density at radius 3 is 2.69 bits per heavy atom. The van der Waals surface area contributed by atoms with Crippen molar-refractivity contribution in [1.82, 2.24) is 19.8 Å². The third kappa shape index (κ3) is 5.05. The molecule has 1 aromatic heterocycles. The van der Waals surface area contributed by atoms with Crippen LogP contribution < -0.4 is 10.0 Å². The molecule has 4 rings (SSSR count). The Morgan fingerprint density at radius 2 is 1.84 bits per heavy atom. The summed E-state index contributed by atoms with van der Waals surface area (Å²) in [4.78, 5) is 16.9. The van der Waals surface area contributed by atoms with Crippen LogP contribution in [0.5, 0.6) is 0 Å². The molecule has 0 radical (unpaired) electrons. The van der Waals surface area contributed by atoms with Crippen molar-refractivity contribution in [3.8, 4) is 5.69 Å². The van der Waals surface area contributed by atoms with Gasteiger partial charge in [0, 0.05) is 37.5 Å². The number of rotatable bonds is 9. The predicted octanol–water partition coefficient (Wildman–Crippen LogP) is 2.79. The summed E-state index contributed by atoms with van der Waals surface area (Å²) in [7, 11) is -3.50. The van der Waals surface area contributed by atoms with Gasteiger partial charge < -0.3 is 5.32 Å². The molecule has 9 heteroatoms. The van der Waals surface area contributed by atoms with Gasteiger partial charge in [-0.15, -0.1) is 0 Å². The van der Waals surface area contributed by atoms with E-state index in [1.807, 2.05) is 36.5 Å².